The quantitative estimate of drug-likeness (QED) is 0.721. The van der Waals surface area contributed by atoms with Gasteiger partial charge in [0.15, 0.2) is 11.5 Å². The largest absolute Gasteiger partial charge is 0.493 e. The minimum absolute atomic E-state index is 0.0531. The smallest absolute Gasteiger partial charge is 0.310 e. The molecule has 1 aromatic rings. The lowest BCUT2D eigenvalue weighted by Crippen LogP contribution is -2.41. The Balaban J connectivity index is 3.04. The van der Waals surface area contributed by atoms with E-state index in [-0.39, 0.29) is 24.5 Å². The molecule has 1 rings (SSSR count). The van der Waals surface area contributed by atoms with E-state index in [1.807, 2.05) is 13.8 Å². The summed E-state index contributed by atoms with van der Waals surface area (Å²) in [5, 5.41) is 0. The van der Waals surface area contributed by atoms with Gasteiger partial charge in [0.05, 0.1) is 27.2 Å². The number of carbonyl (C=O) groups excluding carboxylic acids is 2. The minimum Gasteiger partial charge on any atom is -0.493 e. The van der Waals surface area contributed by atoms with Crippen molar-refractivity contribution in [1.29, 1.82) is 0 Å². The monoisotopic (exact) mass is 323 g/mol. The Morgan fingerprint density at radius 1 is 1.04 bits per heavy atom. The zero-order chi connectivity index (χ0) is 17.6. The summed E-state index contributed by atoms with van der Waals surface area (Å²) in [5.41, 5.74) is 0.480. The highest BCUT2D eigenvalue weighted by molar-refractivity contribution is 5.95. The fraction of sp³-hybridized carbons (Fsp3) is 0.529. The highest BCUT2D eigenvalue weighted by Crippen LogP contribution is 2.28. The second kappa shape index (κ2) is 8.41. The van der Waals surface area contributed by atoms with Crippen LogP contribution in [-0.2, 0) is 9.53 Å². The van der Waals surface area contributed by atoms with Gasteiger partial charge in [-0.2, -0.15) is 0 Å². The molecule has 0 aliphatic carbocycles. The maximum Gasteiger partial charge on any atom is 0.310 e. The van der Waals surface area contributed by atoms with Crippen molar-refractivity contribution >= 4 is 11.9 Å². The van der Waals surface area contributed by atoms with Crippen molar-refractivity contribution in [2.45, 2.75) is 26.8 Å². The Bertz CT molecular complexity index is 556. The summed E-state index contributed by atoms with van der Waals surface area (Å²) in [6.07, 6.45) is 0. The van der Waals surface area contributed by atoms with Gasteiger partial charge < -0.3 is 19.1 Å². The number of rotatable bonds is 7. The van der Waals surface area contributed by atoms with E-state index in [0.717, 1.165) is 0 Å². The fourth-order valence-corrected chi connectivity index (χ4v) is 2.23. The molecule has 0 bridgehead atoms. The van der Waals surface area contributed by atoms with Crippen molar-refractivity contribution in [3.05, 3.63) is 23.8 Å². The Hall–Kier alpha value is -2.24. The van der Waals surface area contributed by atoms with Crippen LogP contribution in [0.3, 0.4) is 0 Å². The Morgan fingerprint density at radius 2 is 1.65 bits per heavy atom. The third-order valence-corrected chi connectivity index (χ3v) is 3.59. The van der Waals surface area contributed by atoms with Crippen LogP contribution >= 0.6 is 0 Å². The van der Waals surface area contributed by atoms with Crippen molar-refractivity contribution in [2.24, 2.45) is 5.92 Å². The molecular weight excluding hydrogens is 298 g/mol. The van der Waals surface area contributed by atoms with Crippen LogP contribution in [0.5, 0.6) is 11.5 Å². The van der Waals surface area contributed by atoms with Gasteiger partial charge in [0.2, 0.25) is 0 Å². The van der Waals surface area contributed by atoms with Crippen LogP contribution in [0.25, 0.3) is 0 Å². The molecule has 6 heteroatoms. The van der Waals surface area contributed by atoms with E-state index < -0.39 is 5.92 Å². The van der Waals surface area contributed by atoms with Gasteiger partial charge in [0.1, 0.15) is 0 Å². The highest BCUT2D eigenvalue weighted by Gasteiger charge is 2.25. The summed E-state index contributed by atoms with van der Waals surface area (Å²) in [6, 6.07) is 4.96. The topological polar surface area (TPSA) is 65.1 Å². The van der Waals surface area contributed by atoms with Crippen molar-refractivity contribution < 1.29 is 23.8 Å². The van der Waals surface area contributed by atoms with E-state index >= 15 is 0 Å². The van der Waals surface area contributed by atoms with Crippen molar-refractivity contribution in [3.8, 4) is 11.5 Å². The SMILES string of the molecule is COC(=O)C(C)CN(C(=O)c1ccc(OC)c(OC)c1)C(C)C. The van der Waals surface area contributed by atoms with Gasteiger partial charge in [-0.1, -0.05) is 6.92 Å². The molecule has 1 amide bonds. The van der Waals surface area contributed by atoms with E-state index in [1.54, 1.807) is 30.0 Å². The van der Waals surface area contributed by atoms with Crippen molar-refractivity contribution in [2.75, 3.05) is 27.9 Å². The molecule has 0 fully saturated rings. The van der Waals surface area contributed by atoms with E-state index in [1.165, 1.54) is 21.3 Å². The predicted molar refractivity (Wildman–Crippen MR) is 86.9 cm³/mol. The van der Waals surface area contributed by atoms with Crippen molar-refractivity contribution in [1.82, 2.24) is 4.90 Å². The van der Waals surface area contributed by atoms with Crippen LogP contribution in [0.2, 0.25) is 0 Å². The summed E-state index contributed by atoms with van der Waals surface area (Å²) >= 11 is 0. The Labute approximate surface area is 137 Å². The molecule has 0 saturated carbocycles. The summed E-state index contributed by atoms with van der Waals surface area (Å²) < 4.78 is 15.1. The second-order valence-corrected chi connectivity index (χ2v) is 5.55. The predicted octanol–water partition coefficient (Wildman–Crippen LogP) is 2.36. The Morgan fingerprint density at radius 3 is 2.13 bits per heavy atom. The van der Waals surface area contributed by atoms with Gasteiger partial charge in [-0.3, -0.25) is 9.59 Å². The molecule has 1 aromatic carbocycles. The lowest BCUT2D eigenvalue weighted by atomic mass is 10.1. The summed E-state index contributed by atoms with van der Waals surface area (Å²) in [7, 11) is 4.40. The first kappa shape index (κ1) is 18.8. The molecule has 0 saturated heterocycles. The number of methoxy groups -OCH3 is 3. The lowest BCUT2D eigenvalue weighted by Gasteiger charge is -2.29. The van der Waals surface area contributed by atoms with E-state index in [9.17, 15) is 9.59 Å². The van der Waals surface area contributed by atoms with Crippen LogP contribution in [0.15, 0.2) is 18.2 Å². The number of ether oxygens (including phenoxy) is 3. The molecule has 0 spiro atoms. The summed E-state index contributed by atoms with van der Waals surface area (Å²) in [5.74, 6) is 0.144. The van der Waals surface area contributed by atoms with Gasteiger partial charge in [-0.25, -0.2) is 0 Å². The lowest BCUT2D eigenvalue weighted by molar-refractivity contribution is -0.145. The van der Waals surface area contributed by atoms with Gasteiger partial charge in [-0.05, 0) is 32.0 Å². The average molecular weight is 323 g/mol. The molecule has 0 N–H and O–H groups in total. The molecule has 23 heavy (non-hydrogen) atoms. The molecule has 0 aliphatic rings. The number of hydrogen-bond acceptors (Lipinski definition) is 5. The Kier molecular flexibility index (Phi) is 6.88. The zero-order valence-corrected chi connectivity index (χ0v) is 14.6. The molecule has 1 atom stereocenters. The zero-order valence-electron chi connectivity index (χ0n) is 14.6. The maximum absolute atomic E-state index is 12.8. The minimum atomic E-state index is -0.397. The molecule has 1 unspecified atom stereocenters. The highest BCUT2D eigenvalue weighted by atomic mass is 16.5. The molecule has 0 heterocycles. The first-order chi connectivity index (χ1) is 10.8. The van der Waals surface area contributed by atoms with Crippen LogP contribution in [0.1, 0.15) is 31.1 Å². The van der Waals surface area contributed by atoms with Gasteiger partial charge in [-0.15, -0.1) is 0 Å². The number of nitrogens with zero attached hydrogens (tertiary/aromatic N) is 1. The first-order valence-corrected chi connectivity index (χ1v) is 7.46. The third kappa shape index (κ3) is 4.61. The van der Waals surface area contributed by atoms with Crippen LogP contribution in [0.4, 0.5) is 0 Å². The molecule has 0 aromatic heterocycles. The number of carbonyl (C=O) groups is 2. The molecule has 0 radical (unpaired) electrons. The van der Waals surface area contributed by atoms with Crippen LogP contribution in [-0.4, -0.2) is 50.7 Å². The number of esters is 1. The summed E-state index contributed by atoms with van der Waals surface area (Å²) in [6.45, 7) is 5.84. The van der Waals surface area contributed by atoms with Gasteiger partial charge in [0.25, 0.3) is 5.91 Å². The van der Waals surface area contributed by atoms with E-state index in [4.69, 9.17) is 14.2 Å². The molecular formula is C17H25NO5. The number of benzene rings is 1. The molecule has 0 aliphatic heterocycles. The van der Waals surface area contributed by atoms with Gasteiger partial charge in [0, 0.05) is 18.2 Å². The average Bonchev–Trinajstić information content (AvgIpc) is 2.56. The fourth-order valence-electron chi connectivity index (χ4n) is 2.23. The number of hydrogen-bond donors (Lipinski definition) is 0. The van der Waals surface area contributed by atoms with Gasteiger partial charge >= 0.3 is 5.97 Å². The normalized spacial score (nSPS) is 11.8. The van der Waals surface area contributed by atoms with Crippen LogP contribution < -0.4 is 9.47 Å². The maximum atomic E-state index is 12.8. The first-order valence-electron chi connectivity index (χ1n) is 7.46. The number of amides is 1. The summed E-state index contributed by atoms with van der Waals surface area (Å²) in [4.78, 5) is 26.0. The van der Waals surface area contributed by atoms with Crippen LogP contribution in [0, 0.1) is 5.92 Å². The van der Waals surface area contributed by atoms with Crippen molar-refractivity contribution in [3.63, 3.8) is 0 Å². The third-order valence-electron chi connectivity index (χ3n) is 3.59. The molecule has 6 nitrogen and oxygen atoms in total. The van der Waals surface area contributed by atoms with E-state index in [0.29, 0.717) is 17.1 Å². The molecule has 128 valence electrons. The standard InChI is InChI=1S/C17H25NO5/c1-11(2)18(10-12(3)17(20)23-6)16(19)13-7-8-14(21-4)15(9-13)22-5/h7-9,11-12H,10H2,1-6H3. The second-order valence-electron chi connectivity index (χ2n) is 5.55. The van der Waals surface area contributed by atoms with E-state index in [2.05, 4.69) is 0 Å².